The van der Waals surface area contributed by atoms with E-state index in [-0.39, 0.29) is 12.4 Å². The maximum Gasteiger partial charge on any atom is 0.175 e. The number of aliphatic hydroxyl groups excluding tert-OH is 1. The van der Waals surface area contributed by atoms with Crippen LogP contribution in [-0.2, 0) is 13.2 Å². The minimum atomic E-state index is -0.553. The molecule has 2 N–H and O–H groups in total. The quantitative estimate of drug-likeness (QED) is 0.324. The fourth-order valence-corrected chi connectivity index (χ4v) is 3.74. The SMILES string of the molecule is CCOc1cc(CNCC(O)c2ccccc2)cc(Br)c1OCc1ccc(Cl)cc1.Cl. The first-order valence-corrected chi connectivity index (χ1v) is 11.0. The molecule has 166 valence electrons. The van der Waals surface area contributed by atoms with Crippen molar-refractivity contribution in [1.82, 2.24) is 5.32 Å². The van der Waals surface area contributed by atoms with Crippen LogP contribution in [0.4, 0.5) is 0 Å². The second kappa shape index (κ2) is 12.9. The molecule has 0 aromatic heterocycles. The Kier molecular flexibility index (Phi) is 10.6. The molecule has 0 saturated heterocycles. The monoisotopic (exact) mass is 525 g/mol. The largest absolute Gasteiger partial charge is 0.490 e. The van der Waals surface area contributed by atoms with Crippen LogP contribution in [0.1, 0.15) is 29.7 Å². The van der Waals surface area contributed by atoms with Crippen LogP contribution >= 0.6 is 39.9 Å². The molecule has 3 aromatic carbocycles. The molecule has 0 heterocycles. The average molecular weight is 527 g/mol. The number of rotatable bonds is 10. The van der Waals surface area contributed by atoms with Gasteiger partial charge < -0.3 is 19.9 Å². The summed E-state index contributed by atoms with van der Waals surface area (Å²) in [6.07, 6.45) is -0.553. The highest BCUT2D eigenvalue weighted by atomic mass is 79.9. The predicted molar refractivity (Wildman–Crippen MR) is 131 cm³/mol. The van der Waals surface area contributed by atoms with E-state index in [1.807, 2.05) is 73.7 Å². The molecule has 0 aliphatic heterocycles. The van der Waals surface area contributed by atoms with E-state index < -0.39 is 6.10 Å². The Hall–Kier alpha value is -1.76. The maximum atomic E-state index is 10.3. The van der Waals surface area contributed by atoms with Gasteiger partial charge in [-0.3, -0.25) is 0 Å². The van der Waals surface area contributed by atoms with Gasteiger partial charge in [0.2, 0.25) is 0 Å². The number of halogens is 3. The second-order valence-electron chi connectivity index (χ2n) is 6.81. The Morgan fingerprint density at radius 2 is 1.71 bits per heavy atom. The molecule has 0 aliphatic carbocycles. The number of ether oxygens (including phenoxy) is 2. The van der Waals surface area contributed by atoms with Crippen molar-refractivity contribution in [2.24, 2.45) is 0 Å². The zero-order valence-electron chi connectivity index (χ0n) is 17.2. The molecule has 1 atom stereocenters. The van der Waals surface area contributed by atoms with Crippen molar-refractivity contribution in [3.63, 3.8) is 0 Å². The normalized spacial score (nSPS) is 11.5. The van der Waals surface area contributed by atoms with Crippen molar-refractivity contribution in [1.29, 1.82) is 0 Å². The van der Waals surface area contributed by atoms with Crippen LogP contribution in [0.2, 0.25) is 5.02 Å². The Labute approximate surface area is 203 Å². The summed E-state index contributed by atoms with van der Waals surface area (Å²) in [4.78, 5) is 0. The molecule has 0 saturated carbocycles. The molecule has 3 aromatic rings. The smallest absolute Gasteiger partial charge is 0.175 e. The Bertz CT molecular complexity index is 940. The summed E-state index contributed by atoms with van der Waals surface area (Å²) in [5.41, 5.74) is 2.95. The van der Waals surface area contributed by atoms with Gasteiger partial charge >= 0.3 is 0 Å². The first-order chi connectivity index (χ1) is 14.6. The lowest BCUT2D eigenvalue weighted by atomic mass is 10.1. The lowest BCUT2D eigenvalue weighted by Crippen LogP contribution is -2.21. The van der Waals surface area contributed by atoms with Gasteiger partial charge in [-0.15, -0.1) is 12.4 Å². The summed E-state index contributed by atoms with van der Waals surface area (Å²) in [6, 6.07) is 21.2. The van der Waals surface area contributed by atoms with Gasteiger partial charge in [0.05, 0.1) is 17.2 Å². The molecule has 0 amide bonds. The molecule has 0 aliphatic rings. The molecule has 0 bridgehead atoms. The molecule has 0 fully saturated rings. The summed E-state index contributed by atoms with van der Waals surface area (Å²) < 4.78 is 12.7. The van der Waals surface area contributed by atoms with Crippen LogP contribution < -0.4 is 14.8 Å². The highest BCUT2D eigenvalue weighted by Crippen LogP contribution is 2.37. The third-order valence-electron chi connectivity index (χ3n) is 4.52. The van der Waals surface area contributed by atoms with Gasteiger partial charge in [-0.1, -0.05) is 54.1 Å². The summed E-state index contributed by atoms with van der Waals surface area (Å²) in [5, 5.41) is 14.3. The molecule has 31 heavy (non-hydrogen) atoms. The predicted octanol–water partition coefficient (Wildman–Crippen LogP) is 6.33. The van der Waals surface area contributed by atoms with Crippen molar-refractivity contribution < 1.29 is 14.6 Å². The van der Waals surface area contributed by atoms with Gasteiger partial charge in [0.1, 0.15) is 6.61 Å². The molecule has 0 spiro atoms. The lowest BCUT2D eigenvalue weighted by Gasteiger charge is -2.17. The lowest BCUT2D eigenvalue weighted by molar-refractivity contribution is 0.174. The van der Waals surface area contributed by atoms with E-state index in [1.165, 1.54) is 0 Å². The van der Waals surface area contributed by atoms with Crippen LogP contribution in [0.5, 0.6) is 11.5 Å². The first kappa shape index (κ1) is 25.5. The molecule has 1 unspecified atom stereocenters. The summed E-state index contributed by atoms with van der Waals surface area (Å²) in [5.74, 6) is 1.35. The number of aliphatic hydroxyl groups is 1. The standard InChI is InChI=1S/C24H25BrClNO3.ClH/c1-2-29-23-13-18(14-27-15-22(28)19-6-4-3-5-7-19)12-21(25)24(23)30-16-17-8-10-20(26)11-9-17;/h3-13,22,27-28H,2,14-16H2,1H3;1H. The van der Waals surface area contributed by atoms with Gasteiger partial charge in [0.15, 0.2) is 11.5 Å². The van der Waals surface area contributed by atoms with E-state index in [0.717, 1.165) is 21.2 Å². The van der Waals surface area contributed by atoms with Crippen molar-refractivity contribution in [2.75, 3.05) is 13.2 Å². The number of hydrogen-bond acceptors (Lipinski definition) is 4. The first-order valence-electron chi connectivity index (χ1n) is 9.83. The van der Waals surface area contributed by atoms with E-state index in [1.54, 1.807) is 0 Å². The van der Waals surface area contributed by atoms with Crippen LogP contribution in [0, 0.1) is 0 Å². The Morgan fingerprint density at radius 1 is 1.00 bits per heavy atom. The Balaban J connectivity index is 0.00000341. The van der Waals surface area contributed by atoms with Crippen molar-refractivity contribution in [3.8, 4) is 11.5 Å². The average Bonchev–Trinajstić information content (AvgIpc) is 2.75. The van der Waals surface area contributed by atoms with Gasteiger partial charge in [-0.25, -0.2) is 0 Å². The summed E-state index contributed by atoms with van der Waals surface area (Å²) >= 11 is 9.55. The van der Waals surface area contributed by atoms with E-state index >= 15 is 0 Å². The van der Waals surface area contributed by atoms with Crippen LogP contribution in [0.15, 0.2) is 71.2 Å². The molecule has 3 rings (SSSR count). The second-order valence-corrected chi connectivity index (χ2v) is 8.10. The van der Waals surface area contributed by atoms with E-state index in [4.69, 9.17) is 21.1 Å². The highest BCUT2D eigenvalue weighted by molar-refractivity contribution is 9.10. The zero-order chi connectivity index (χ0) is 21.3. The van der Waals surface area contributed by atoms with E-state index in [9.17, 15) is 5.11 Å². The van der Waals surface area contributed by atoms with Gasteiger partial charge in [0, 0.05) is 18.1 Å². The molecular weight excluding hydrogens is 501 g/mol. The molecule has 0 radical (unpaired) electrons. The van der Waals surface area contributed by atoms with Crippen molar-refractivity contribution >= 4 is 39.9 Å². The van der Waals surface area contributed by atoms with Crippen molar-refractivity contribution in [2.45, 2.75) is 26.2 Å². The number of benzene rings is 3. The van der Waals surface area contributed by atoms with Crippen molar-refractivity contribution in [3.05, 3.63) is 92.9 Å². The summed E-state index contributed by atoms with van der Waals surface area (Å²) in [6.45, 7) is 3.95. The Morgan fingerprint density at radius 3 is 2.39 bits per heavy atom. The highest BCUT2D eigenvalue weighted by Gasteiger charge is 2.13. The topological polar surface area (TPSA) is 50.7 Å². The minimum absolute atomic E-state index is 0. The molecular formula is C24H26BrCl2NO3. The van der Waals surface area contributed by atoms with E-state index in [2.05, 4.69) is 21.2 Å². The van der Waals surface area contributed by atoms with Crippen LogP contribution in [-0.4, -0.2) is 18.3 Å². The van der Waals surface area contributed by atoms with Gasteiger partial charge in [-0.2, -0.15) is 0 Å². The van der Waals surface area contributed by atoms with Crippen LogP contribution in [0.3, 0.4) is 0 Å². The third kappa shape index (κ3) is 7.70. The van der Waals surface area contributed by atoms with Gasteiger partial charge in [-0.05, 0) is 63.8 Å². The van der Waals surface area contributed by atoms with E-state index in [0.29, 0.717) is 42.8 Å². The number of nitrogens with one attached hydrogen (secondary N) is 1. The zero-order valence-corrected chi connectivity index (χ0v) is 20.3. The summed E-state index contributed by atoms with van der Waals surface area (Å²) in [7, 11) is 0. The third-order valence-corrected chi connectivity index (χ3v) is 5.36. The fourth-order valence-electron chi connectivity index (χ4n) is 3.01. The maximum absolute atomic E-state index is 10.3. The molecule has 4 nitrogen and oxygen atoms in total. The molecule has 7 heteroatoms. The number of hydrogen-bond donors (Lipinski definition) is 2. The minimum Gasteiger partial charge on any atom is -0.490 e. The fraction of sp³-hybridized carbons (Fsp3) is 0.250. The van der Waals surface area contributed by atoms with Crippen LogP contribution in [0.25, 0.3) is 0 Å². The van der Waals surface area contributed by atoms with Gasteiger partial charge in [0.25, 0.3) is 0 Å².